The number of nitrogens with one attached hydrogen (secondary N) is 2. The van der Waals surface area contributed by atoms with Crippen LogP contribution in [0, 0.1) is 0 Å². The lowest BCUT2D eigenvalue weighted by Gasteiger charge is -2.28. The highest BCUT2D eigenvalue weighted by molar-refractivity contribution is 5.38. The highest BCUT2D eigenvalue weighted by atomic mass is 16.5. The normalized spacial score (nSPS) is 24.4. The molecule has 1 aliphatic heterocycles. The molecule has 1 aromatic heterocycles. The van der Waals surface area contributed by atoms with Crippen LogP contribution in [-0.4, -0.2) is 35.2 Å². The fourth-order valence-corrected chi connectivity index (χ4v) is 2.12. The third-order valence-electron chi connectivity index (χ3n) is 2.91. The summed E-state index contributed by atoms with van der Waals surface area (Å²) in [6.07, 6.45) is 3.78. The number of hydrogen-bond donors (Lipinski definition) is 2. The van der Waals surface area contributed by atoms with Crippen LogP contribution < -0.4 is 15.4 Å². The van der Waals surface area contributed by atoms with Gasteiger partial charge in [0.05, 0.1) is 6.61 Å². The monoisotopic (exact) mass is 236 g/mol. The van der Waals surface area contributed by atoms with Gasteiger partial charge in [0, 0.05) is 18.2 Å². The largest absolute Gasteiger partial charge is 0.478 e. The highest BCUT2D eigenvalue weighted by Gasteiger charge is 2.18. The van der Waals surface area contributed by atoms with Crippen molar-refractivity contribution in [1.82, 2.24) is 15.3 Å². The van der Waals surface area contributed by atoms with Gasteiger partial charge in [0.25, 0.3) is 0 Å². The maximum atomic E-state index is 5.35. The van der Waals surface area contributed by atoms with Gasteiger partial charge in [0.15, 0.2) is 0 Å². The first kappa shape index (κ1) is 12.1. The quantitative estimate of drug-likeness (QED) is 0.828. The Hall–Kier alpha value is -1.36. The number of aromatic nitrogens is 2. The molecule has 5 heteroatoms. The van der Waals surface area contributed by atoms with Gasteiger partial charge in [-0.05, 0) is 33.2 Å². The van der Waals surface area contributed by atoms with E-state index in [1.54, 1.807) is 0 Å². The molecule has 0 aromatic carbocycles. The maximum Gasteiger partial charge on any atom is 0.218 e. The predicted molar refractivity (Wildman–Crippen MR) is 67.3 cm³/mol. The van der Waals surface area contributed by atoms with Crippen LogP contribution in [0.2, 0.25) is 0 Å². The van der Waals surface area contributed by atoms with Gasteiger partial charge in [-0.1, -0.05) is 0 Å². The number of rotatable bonds is 4. The SMILES string of the molecule is CCOc1cc(NC2CCNC(C)C2)ncn1. The number of nitrogens with zero attached hydrogens (tertiary/aromatic N) is 2. The van der Waals surface area contributed by atoms with Gasteiger partial charge in [-0.2, -0.15) is 0 Å². The molecule has 1 fully saturated rings. The standard InChI is InChI=1S/C12H20N4O/c1-3-17-12-7-11(14-8-15-12)16-10-4-5-13-9(2)6-10/h7-10,13H,3-6H2,1-2H3,(H,14,15,16). The predicted octanol–water partition coefficient (Wildman–Crippen LogP) is 1.43. The van der Waals surface area contributed by atoms with Gasteiger partial charge in [-0.3, -0.25) is 0 Å². The number of hydrogen-bond acceptors (Lipinski definition) is 5. The molecule has 5 nitrogen and oxygen atoms in total. The molecule has 1 saturated heterocycles. The van der Waals surface area contributed by atoms with E-state index in [4.69, 9.17) is 4.74 Å². The van der Waals surface area contributed by atoms with Gasteiger partial charge >= 0.3 is 0 Å². The van der Waals surface area contributed by atoms with Crippen LogP contribution in [0.1, 0.15) is 26.7 Å². The molecule has 1 aromatic rings. The Labute approximate surface area is 102 Å². The molecule has 0 radical (unpaired) electrons. The van der Waals surface area contributed by atoms with E-state index in [9.17, 15) is 0 Å². The van der Waals surface area contributed by atoms with Crippen molar-refractivity contribution in [3.8, 4) is 5.88 Å². The van der Waals surface area contributed by atoms with Gasteiger partial charge in [0.2, 0.25) is 5.88 Å². The fraction of sp³-hybridized carbons (Fsp3) is 0.667. The molecular formula is C12H20N4O. The van der Waals surface area contributed by atoms with Gasteiger partial charge in [-0.15, -0.1) is 0 Å². The van der Waals surface area contributed by atoms with E-state index in [2.05, 4.69) is 27.5 Å². The first-order valence-corrected chi connectivity index (χ1v) is 6.22. The van der Waals surface area contributed by atoms with Crippen LogP contribution in [0.4, 0.5) is 5.82 Å². The summed E-state index contributed by atoms with van der Waals surface area (Å²) >= 11 is 0. The van der Waals surface area contributed by atoms with Crippen LogP contribution in [0.25, 0.3) is 0 Å². The summed E-state index contributed by atoms with van der Waals surface area (Å²) < 4.78 is 5.35. The van der Waals surface area contributed by atoms with Crippen LogP contribution in [0.3, 0.4) is 0 Å². The zero-order valence-corrected chi connectivity index (χ0v) is 10.4. The number of ether oxygens (including phenoxy) is 1. The molecular weight excluding hydrogens is 216 g/mol. The first-order chi connectivity index (χ1) is 8.28. The van der Waals surface area contributed by atoms with E-state index >= 15 is 0 Å². The van der Waals surface area contributed by atoms with E-state index < -0.39 is 0 Å². The van der Waals surface area contributed by atoms with Crippen molar-refractivity contribution in [2.45, 2.75) is 38.8 Å². The van der Waals surface area contributed by atoms with E-state index in [0.29, 0.717) is 24.6 Å². The summed E-state index contributed by atoms with van der Waals surface area (Å²) in [6, 6.07) is 2.90. The minimum absolute atomic E-state index is 0.482. The number of anilines is 1. The first-order valence-electron chi connectivity index (χ1n) is 6.22. The molecule has 2 heterocycles. The Balaban J connectivity index is 1.95. The Bertz CT molecular complexity index is 358. The van der Waals surface area contributed by atoms with Crippen LogP contribution in [0.5, 0.6) is 5.88 Å². The summed E-state index contributed by atoms with van der Waals surface area (Å²) in [5.74, 6) is 1.48. The van der Waals surface area contributed by atoms with Crippen molar-refractivity contribution in [2.24, 2.45) is 0 Å². The summed E-state index contributed by atoms with van der Waals surface area (Å²) in [6.45, 7) is 5.84. The maximum absolute atomic E-state index is 5.35. The van der Waals surface area contributed by atoms with Crippen molar-refractivity contribution >= 4 is 5.82 Å². The van der Waals surface area contributed by atoms with Gasteiger partial charge < -0.3 is 15.4 Å². The van der Waals surface area contributed by atoms with Gasteiger partial charge in [-0.25, -0.2) is 9.97 Å². The second kappa shape index (κ2) is 5.82. The lowest BCUT2D eigenvalue weighted by molar-refractivity contribution is 0.326. The smallest absolute Gasteiger partial charge is 0.218 e. The summed E-state index contributed by atoms with van der Waals surface area (Å²) in [7, 11) is 0. The molecule has 2 unspecified atom stereocenters. The summed E-state index contributed by atoms with van der Waals surface area (Å²) in [4.78, 5) is 8.27. The summed E-state index contributed by atoms with van der Waals surface area (Å²) in [5.41, 5.74) is 0. The van der Waals surface area contributed by atoms with E-state index in [1.165, 1.54) is 6.33 Å². The average molecular weight is 236 g/mol. The van der Waals surface area contributed by atoms with Crippen LogP contribution >= 0.6 is 0 Å². The Kier molecular flexibility index (Phi) is 4.14. The minimum Gasteiger partial charge on any atom is -0.478 e. The van der Waals surface area contributed by atoms with Gasteiger partial charge in [0.1, 0.15) is 12.1 Å². The highest BCUT2D eigenvalue weighted by Crippen LogP contribution is 2.16. The van der Waals surface area contributed by atoms with E-state index in [1.807, 2.05) is 13.0 Å². The molecule has 17 heavy (non-hydrogen) atoms. The molecule has 0 aliphatic carbocycles. The lowest BCUT2D eigenvalue weighted by atomic mass is 10.0. The molecule has 0 spiro atoms. The minimum atomic E-state index is 0.482. The van der Waals surface area contributed by atoms with Crippen molar-refractivity contribution in [1.29, 1.82) is 0 Å². The Morgan fingerprint density at radius 1 is 1.53 bits per heavy atom. The van der Waals surface area contributed by atoms with Crippen molar-refractivity contribution in [3.05, 3.63) is 12.4 Å². The summed E-state index contributed by atoms with van der Waals surface area (Å²) in [5, 5.41) is 6.87. The van der Waals surface area contributed by atoms with Crippen molar-refractivity contribution in [2.75, 3.05) is 18.5 Å². The third kappa shape index (κ3) is 3.56. The molecule has 0 bridgehead atoms. The molecule has 2 atom stereocenters. The fourth-order valence-electron chi connectivity index (χ4n) is 2.12. The molecule has 94 valence electrons. The molecule has 2 rings (SSSR count). The molecule has 1 aliphatic rings. The van der Waals surface area contributed by atoms with E-state index in [0.717, 1.165) is 25.2 Å². The molecule has 0 saturated carbocycles. The van der Waals surface area contributed by atoms with Crippen molar-refractivity contribution in [3.63, 3.8) is 0 Å². The topological polar surface area (TPSA) is 59.1 Å². The molecule has 0 amide bonds. The average Bonchev–Trinajstić information content (AvgIpc) is 2.30. The Morgan fingerprint density at radius 3 is 3.18 bits per heavy atom. The van der Waals surface area contributed by atoms with Crippen LogP contribution in [-0.2, 0) is 0 Å². The molecule has 2 N–H and O–H groups in total. The second-order valence-electron chi connectivity index (χ2n) is 4.40. The second-order valence-corrected chi connectivity index (χ2v) is 4.40. The van der Waals surface area contributed by atoms with Crippen LogP contribution in [0.15, 0.2) is 12.4 Å². The van der Waals surface area contributed by atoms with Crippen molar-refractivity contribution < 1.29 is 4.74 Å². The zero-order chi connectivity index (χ0) is 12.1. The number of piperidine rings is 1. The Morgan fingerprint density at radius 2 is 2.41 bits per heavy atom. The van der Waals surface area contributed by atoms with E-state index in [-0.39, 0.29) is 0 Å². The zero-order valence-electron chi connectivity index (χ0n) is 10.4. The third-order valence-corrected chi connectivity index (χ3v) is 2.91. The lowest BCUT2D eigenvalue weighted by Crippen LogP contribution is -2.41.